The van der Waals surface area contributed by atoms with Gasteiger partial charge in [-0.3, -0.25) is 9.69 Å². The second kappa shape index (κ2) is 11.4. The van der Waals surface area contributed by atoms with Gasteiger partial charge in [0.25, 0.3) is 5.91 Å². The van der Waals surface area contributed by atoms with Gasteiger partial charge in [0.15, 0.2) is 0 Å². The van der Waals surface area contributed by atoms with Crippen LogP contribution in [0.5, 0.6) is 0 Å². The Morgan fingerprint density at radius 2 is 1.64 bits per heavy atom. The molecule has 0 saturated carbocycles. The molecule has 9 nitrogen and oxygen atoms in total. The van der Waals surface area contributed by atoms with Gasteiger partial charge in [-0.25, -0.2) is 9.59 Å². The summed E-state index contributed by atoms with van der Waals surface area (Å²) < 4.78 is 9.90. The zero-order chi connectivity index (χ0) is 29.3. The zero-order valence-corrected chi connectivity index (χ0v) is 23.8. The van der Waals surface area contributed by atoms with Gasteiger partial charge in [-0.2, -0.15) is 4.37 Å². The number of aryl methyl sites for hydroxylation is 1. The topological polar surface area (TPSA) is 121 Å². The quantitative estimate of drug-likeness (QED) is 0.259. The average molecular weight is 583 g/mol. The summed E-state index contributed by atoms with van der Waals surface area (Å²) in [5.41, 5.74) is 4.46. The number of carboxylic acids is 1. The number of hydrogen-bond acceptors (Lipinski definition) is 7. The molecule has 0 spiro atoms. The van der Waals surface area contributed by atoms with Gasteiger partial charge in [-0.05, 0) is 52.7 Å². The van der Waals surface area contributed by atoms with Crippen LogP contribution in [0.25, 0.3) is 11.1 Å². The Bertz CT molecular complexity index is 1610. The highest BCUT2D eigenvalue weighted by atomic mass is 32.1. The summed E-state index contributed by atoms with van der Waals surface area (Å²) in [7, 11) is 0. The minimum absolute atomic E-state index is 0.0521. The fourth-order valence-corrected chi connectivity index (χ4v) is 6.75. The maximum absolute atomic E-state index is 13.8. The van der Waals surface area contributed by atoms with Gasteiger partial charge >= 0.3 is 12.1 Å². The molecule has 0 bridgehead atoms. The molecule has 10 heteroatoms. The average Bonchev–Trinajstić information content (AvgIpc) is 3.66. The van der Waals surface area contributed by atoms with Crippen molar-refractivity contribution in [2.75, 3.05) is 25.0 Å². The van der Waals surface area contributed by atoms with Crippen LogP contribution in [0.2, 0.25) is 0 Å². The summed E-state index contributed by atoms with van der Waals surface area (Å²) in [6.07, 6.45) is -0.372. The minimum atomic E-state index is -1.33. The number of rotatable bonds is 8. The molecule has 1 aliphatic heterocycles. The lowest BCUT2D eigenvalue weighted by molar-refractivity contribution is -0.121. The summed E-state index contributed by atoms with van der Waals surface area (Å²) in [4.78, 5) is 41.1. The Morgan fingerprint density at radius 3 is 2.31 bits per heavy atom. The predicted octanol–water partition coefficient (Wildman–Crippen LogP) is 5.27. The van der Waals surface area contributed by atoms with E-state index >= 15 is 0 Å². The lowest BCUT2D eigenvalue weighted by Gasteiger charge is -2.29. The van der Waals surface area contributed by atoms with Gasteiger partial charge in [0, 0.05) is 25.6 Å². The van der Waals surface area contributed by atoms with E-state index in [-0.39, 0.29) is 29.6 Å². The summed E-state index contributed by atoms with van der Waals surface area (Å²) in [5, 5.41) is 15.4. The molecule has 0 radical (unpaired) electrons. The van der Waals surface area contributed by atoms with Crippen LogP contribution in [0.4, 0.5) is 9.80 Å². The molecule has 1 fully saturated rings. The Kier molecular flexibility index (Phi) is 7.49. The van der Waals surface area contributed by atoms with Crippen molar-refractivity contribution in [3.63, 3.8) is 0 Å². The van der Waals surface area contributed by atoms with Crippen LogP contribution in [0.15, 0.2) is 78.9 Å². The minimum Gasteiger partial charge on any atom is -0.478 e. The number of carbonyl (C=O) groups excluding carboxylic acids is 2. The molecule has 214 valence electrons. The third-order valence-electron chi connectivity index (χ3n) is 8.02. The first kappa shape index (κ1) is 27.6. The number of nitrogens with one attached hydrogen (secondary N) is 2. The lowest BCUT2D eigenvalue weighted by atomic mass is 9.97. The largest absolute Gasteiger partial charge is 0.478 e. The van der Waals surface area contributed by atoms with Gasteiger partial charge in [-0.1, -0.05) is 78.9 Å². The summed E-state index contributed by atoms with van der Waals surface area (Å²) in [5.74, 6) is -1.80. The predicted molar refractivity (Wildman–Crippen MR) is 160 cm³/mol. The van der Waals surface area contributed by atoms with Crippen LogP contribution in [0, 0.1) is 6.92 Å². The van der Waals surface area contributed by atoms with Crippen LogP contribution in [-0.4, -0.2) is 57.6 Å². The number of alkyl carbamates (subject to hydrolysis) is 1. The molecule has 1 aliphatic carbocycles. The first-order valence-electron chi connectivity index (χ1n) is 13.7. The molecule has 2 amide bonds. The number of aromatic carboxylic acids is 1. The molecule has 1 atom stereocenters. The van der Waals surface area contributed by atoms with Crippen molar-refractivity contribution in [3.8, 4) is 11.1 Å². The van der Waals surface area contributed by atoms with E-state index < -0.39 is 23.5 Å². The first-order chi connectivity index (χ1) is 20.3. The Hall–Kier alpha value is -4.54. The summed E-state index contributed by atoms with van der Waals surface area (Å²) in [6, 6.07) is 26.1. The molecular weight excluding hydrogens is 552 g/mol. The van der Waals surface area contributed by atoms with Gasteiger partial charge in [-0.15, -0.1) is 0 Å². The van der Waals surface area contributed by atoms with Crippen LogP contribution in [0.3, 0.4) is 0 Å². The standard InChI is InChI=1S/C32H30N4O5S/c1-20-27(29(37)38)28(42-35-20)33-30(39)32(15-16-36(19-32)17-21-9-3-2-4-10-21)34-31(40)41-18-26-24-13-7-5-11-22(24)23-12-6-8-14-25(23)26/h2-14,26H,15-19H2,1H3,(H,33,39)(H,34,40)(H,37,38). The summed E-state index contributed by atoms with van der Waals surface area (Å²) >= 11 is 0.906. The fourth-order valence-electron chi connectivity index (χ4n) is 5.97. The third kappa shape index (κ3) is 5.26. The molecule has 2 aliphatic rings. The molecule has 4 aromatic rings. The van der Waals surface area contributed by atoms with Gasteiger partial charge in [0.05, 0.1) is 5.69 Å². The van der Waals surface area contributed by atoms with E-state index in [1.165, 1.54) is 0 Å². The van der Waals surface area contributed by atoms with Gasteiger partial charge in [0.2, 0.25) is 0 Å². The van der Waals surface area contributed by atoms with Crippen molar-refractivity contribution in [1.82, 2.24) is 14.6 Å². The molecule has 3 N–H and O–H groups in total. The van der Waals surface area contributed by atoms with Crippen molar-refractivity contribution in [2.24, 2.45) is 0 Å². The van der Waals surface area contributed by atoms with Crippen molar-refractivity contribution in [1.29, 1.82) is 0 Å². The lowest BCUT2D eigenvalue weighted by Crippen LogP contribution is -2.58. The number of nitrogens with zero attached hydrogens (tertiary/aromatic N) is 2. The molecule has 42 heavy (non-hydrogen) atoms. The molecular formula is C32H30N4O5S. The number of amides is 2. The summed E-state index contributed by atoms with van der Waals surface area (Å²) in [6.45, 7) is 3.08. The number of aromatic nitrogens is 1. The molecule has 1 aromatic heterocycles. The van der Waals surface area contributed by atoms with Gasteiger partial charge < -0.3 is 20.5 Å². The van der Waals surface area contributed by atoms with E-state index in [0.717, 1.165) is 39.3 Å². The monoisotopic (exact) mass is 582 g/mol. The van der Waals surface area contributed by atoms with Gasteiger partial charge in [0.1, 0.15) is 22.7 Å². The van der Waals surface area contributed by atoms with E-state index in [4.69, 9.17) is 4.74 Å². The Balaban J connectivity index is 1.21. The number of likely N-dealkylation sites (tertiary alicyclic amines) is 1. The Labute approximate surface area is 247 Å². The maximum atomic E-state index is 13.8. The smallest absolute Gasteiger partial charge is 0.408 e. The zero-order valence-electron chi connectivity index (χ0n) is 23.0. The highest BCUT2D eigenvalue weighted by Crippen LogP contribution is 2.44. The highest BCUT2D eigenvalue weighted by Gasteiger charge is 2.47. The van der Waals surface area contributed by atoms with Crippen LogP contribution < -0.4 is 10.6 Å². The van der Waals surface area contributed by atoms with Crippen molar-refractivity contribution >= 4 is 34.5 Å². The maximum Gasteiger partial charge on any atom is 0.408 e. The number of anilines is 1. The normalized spacial score (nSPS) is 17.8. The molecule has 2 heterocycles. The fraction of sp³-hybridized carbons (Fsp3) is 0.250. The number of carboxylic acid groups (broad SMARTS) is 1. The Morgan fingerprint density at radius 1 is 1.00 bits per heavy atom. The molecule has 6 rings (SSSR count). The van der Waals surface area contributed by atoms with E-state index in [9.17, 15) is 19.5 Å². The van der Waals surface area contributed by atoms with Crippen LogP contribution in [-0.2, 0) is 16.1 Å². The van der Waals surface area contributed by atoms with E-state index in [1.54, 1.807) is 6.92 Å². The number of benzene rings is 3. The molecule has 1 unspecified atom stereocenters. The second-order valence-electron chi connectivity index (χ2n) is 10.7. The molecule has 3 aromatic carbocycles. The third-order valence-corrected chi connectivity index (χ3v) is 8.87. The van der Waals surface area contributed by atoms with Crippen LogP contribution in [0.1, 0.15) is 45.1 Å². The first-order valence-corrected chi connectivity index (χ1v) is 14.5. The van der Waals surface area contributed by atoms with E-state index in [1.807, 2.05) is 66.7 Å². The highest BCUT2D eigenvalue weighted by molar-refractivity contribution is 7.11. The van der Waals surface area contributed by atoms with Crippen molar-refractivity contribution < 1.29 is 24.2 Å². The van der Waals surface area contributed by atoms with Crippen LogP contribution >= 0.6 is 11.5 Å². The van der Waals surface area contributed by atoms with Crippen molar-refractivity contribution in [2.45, 2.75) is 31.3 Å². The SMILES string of the molecule is Cc1nsc(NC(=O)C2(NC(=O)OCC3c4ccccc4-c4ccccc43)CCN(Cc3ccccc3)C2)c1C(=O)O. The second-order valence-corrected chi connectivity index (χ2v) is 11.5. The molecule has 1 saturated heterocycles. The van der Waals surface area contributed by atoms with E-state index in [0.29, 0.717) is 25.2 Å². The number of ether oxygens (including phenoxy) is 1. The van der Waals surface area contributed by atoms with E-state index in [2.05, 4.69) is 32.0 Å². The number of hydrogen-bond donors (Lipinski definition) is 3. The number of fused-ring (bicyclic) bond motifs is 3. The number of carbonyl (C=O) groups is 3. The van der Waals surface area contributed by atoms with Crippen molar-refractivity contribution in [3.05, 3.63) is 107 Å².